The fourth-order valence-corrected chi connectivity index (χ4v) is 1.32. The molecule has 1 aromatic carbocycles. The molecule has 0 aliphatic carbocycles. The highest BCUT2D eigenvalue weighted by Crippen LogP contribution is 2.40. The van der Waals surface area contributed by atoms with E-state index < -0.39 is 27.2 Å². The van der Waals surface area contributed by atoms with Crippen LogP contribution in [-0.2, 0) is 10.9 Å². The summed E-state index contributed by atoms with van der Waals surface area (Å²) in [5.41, 5.74) is -2.46. The SMILES string of the molecule is CC(C)(OC(=O)Nc1cccc(C(F)(F)F)c1)C(Cl)(Cl)Cl. The molecule has 21 heavy (non-hydrogen) atoms. The molecule has 0 unspecified atom stereocenters. The van der Waals surface area contributed by atoms with Gasteiger partial charge < -0.3 is 4.74 Å². The zero-order chi connectivity index (χ0) is 16.5. The van der Waals surface area contributed by atoms with E-state index in [4.69, 9.17) is 39.5 Å². The molecule has 118 valence electrons. The zero-order valence-corrected chi connectivity index (χ0v) is 13.2. The van der Waals surface area contributed by atoms with E-state index in [9.17, 15) is 18.0 Å². The topological polar surface area (TPSA) is 38.3 Å². The lowest BCUT2D eigenvalue weighted by Gasteiger charge is -2.31. The first-order valence-electron chi connectivity index (χ1n) is 5.57. The molecule has 1 amide bonds. The highest BCUT2D eigenvalue weighted by molar-refractivity contribution is 6.68. The summed E-state index contributed by atoms with van der Waals surface area (Å²) in [6, 6.07) is 4.07. The number of benzene rings is 1. The van der Waals surface area contributed by atoms with Crippen LogP contribution in [0.1, 0.15) is 19.4 Å². The third-order valence-corrected chi connectivity index (χ3v) is 3.83. The second kappa shape index (κ2) is 6.10. The van der Waals surface area contributed by atoms with Gasteiger partial charge in [0.05, 0.1) is 5.56 Å². The molecule has 0 saturated heterocycles. The van der Waals surface area contributed by atoms with Crippen molar-refractivity contribution in [2.24, 2.45) is 0 Å². The maximum Gasteiger partial charge on any atom is 0.416 e. The van der Waals surface area contributed by atoms with Crippen molar-refractivity contribution in [2.45, 2.75) is 29.4 Å². The Labute approximate surface area is 134 Å². The second-order valence-electron chi connectivity index (χ2n) is 4.60. The fourth-order valence-electron chi connectivity index (χ4n) is 1.21. The molecule has 0 bridgehead atoms. The van der Waals surface area contributed by atoms with Crippen molar-refractivity contribution >= 4 is 46.6 Å². The average molecular weight is 365 g/mol. The summed E-state index contributed by atoms with van der Waals surface area (Å²) in [4.78, 5) is 11.6. The zero-order valence-electron chi connectivity index (χ0n) is 10.9. The standard InChI is InChI=1S/C12H11Cl3F3NO2/c1-10(2,12(13,14)15)21-9(20)19-8-5-3-4-7(6-8)11(16,17)18/h3-6H,1-2H3,(H,19,20). The summed E-state index contributed by atoms with van der Waals surface area (Å²) < 4.78 is 40.6. The molecule has 0 spiro atoms. The predicted molar refractivity (Wildman–Crippen MR) is 75.9 cm³/mol. The van der Waals surface area contributed by atoms with Crippen molar-refractivity contribution in [3.8, 4) is 0 Å². The first kappa shape index (κ1) is 18.2. The van der Waals surface area contributed by atoms with Crippen molar-refractivity contribution in [2.75, 3.05) is 5.32 Å². The van der Waals surface area contributed by atoms with Gasteiger partial charge in [0.2, 0.25) is 3.79 Å². The summed E-state index contributed by atoms with van der Waals surface area (Å²) in [6.45, 7) is 2.71. The number of amides is 1. The Hall–Kier alpha value is -0.850. The van der Waals surface area contributed by atoms with Crippen LogP contribution in [0.25, 0.3) is 0 Å². The van der Waals surface area contributed by atoms with Gasteiger partial charge in [0.25, 0.3) is 0 Å². The number of hydrogen-bond acceptors (Lipinski definition) is 2. The van der Waals surface area contributed by atoms with Gasteiger partial charge in [0.15, 0.2) is 5.60 Å². The lowest BCUT2D eigenvalue weighted by molar-refractivity contribution is -0.137. The van der Waals surface area contributed by atoms with Gasteiger partial charge >= 0.3 is 12.3 Å². The van der Waals surface area contributed by atoms with Crippen molar-refractivity contribution in [3.05, 3.63) is 29.8 Å². The van der Waals surface area contributed by atoms with Crippen LogP contribution in [0.4, 0.5) is 23.7 Å². The van der Waals surface area contributed by atoms with Crippen LogP contribution >= 0.6 is 34.8 Å². The quantitative estimate of drug-likeness (QED) is 0.713. The number of carbonyl (C=O) groups is 1. The van der Waals surface area contributed by atoms with Crippen molar-refractivity contribution in [1.82, 2.24) is 0 Å². The highest BCUT2D eigenvalue weighted by Gasteiger charge is 2.44. The van der Waals surface area contributed by atoms with Gasteiger partial charge in [-0.2, -0.15) is 13.2 Å². The summed E-state index contributed by atoms with van der Waals surface area (Å²) in [5, 5.41) is 2.15. The number of nitrogens with one attached hydrogen (secondary N) is 1. The number of anilines is 1. The first-order chi connectivity index (χ1) is 9.33. The third-order valence-electron chi connectivity index (χ3n) is 2.47. The molecular formula is C12H11Cl3F3NO2. The van der Waals surface area contributed by atoms with E-state index in [0.717, 1.165) is 18.2 Å². The molecule has 0 saturated carbocycles. The van der Waals surface area contributed by atoms with E-state index in [1.807, 2.05) is 0 Å². The Morgan fingerprint density at radius 3 is 2.24 bits per heavy atom. The summed E-state index contributed by atoms with van der Waals surface area (Å²) >= 11 is 16.9. The Balaban J connectivity index is 2.81. The molecule has 0 fully saturated rings. The van der Waals surface area contributed by atoms with Crippen LogP contribution in [0.15, 0.2) is 24.3 Å². The molecule has 0 atom stereocenters. The molecule has 0 aliphatic rings. The van der Waals surface area contributed by atoms with E-state index in [1.165, 1.54) is 19.9 Å². The van der Waals surface area contributed by atoms with Crippen molar-refractivity contribution in [3.63, 3.8) is 0 Å². The van der Waals surface area contributed by atoms with Gasteiger partial charge in [-0.25, -0.2) is 4.79 Å². The van der Waals surface area contributed by atoms with Gasteiger partial charge in [-0.1, -0.05) is 40.9 Å². The van der Waals surface area contributed by atoms with Crippen LogP contribution in [-0.4, -0.2) is 15.5 Å². The molecule has 9 heteroatoms. The molecule has 0 aliphatic heterocycles. The normalized spacial score (nSPS) is 13.0. The number of rotatable bonds is 2. The molecule has 0 radical (unpaired) electrons. The lowest BCUT2D eigenvalue weighted by Crippen LogP contribution is -2.42. The monoisotopic (exact) mass is 363 g/mol. The van der Waals surface area contributed by atoms with Gasteiger partial charge in [0, 0.05) is 5.69 Å². The number of ether oxygens (including phenoxy) is 1. The largest absolute Gasteiger partial charge is 0.439 e. The Bertz CT molecular complexity index is 527. The highest BCUT2D eigenvalue weighted by atomic mass is 35.6. The second-order valence-corrected chi connectivity index (χ2v) is 6.88. The summed E-state index contributed by atoms with van der Waals surface area (Å²) in [6.07, 6.45) is -5.55. The smallest absolute Gasteiger partial charge is 0.416 e. The lowest BCUT2D eigenvalue weighted by atomic mass is 10.2. The minimum atomic E-state index is -4.52. The first-order valence-corrected chi connectivity index (χ1v) is 6.70. The van der Waals surface area contributed by atoms with Crippen molar-refractivity contribution < 1.29 is 22.7 Å². The minimum Gasteiger partial charge on any atom is -0.439 e. The summed E-state index contributed by atoms with van der Waals surface area (Å²) in [5.74, 6) is 0. The maximum absolute atomic E-state index is 12.5. The average Bonchev–Trinajstić information content (AvgIpc) is 2.25. The maximum atomic E-state index is 12.5. The number of carbonyl (C=O) groups excluding carboxylic acids is 1. The predicted octanol–water partition coefficient (Wildman–Crippen LogP) is 5.40. The Morgan fingerprint density at radius 2 is 1.76 bits per heavy atom. The molecular weight excluding hydrogens is 353 g/mol. The molecule has 0 aromatic heterocycles. The Kier molecular flexibility index (Phi) is 5.29. The van der Waals surface area contributed by atoms with Gasteiger partial charge in [-0.3, -0.25) is 5.32 Å². The van der Waals surface area contributed by atoms with E-state index in [-0.39, 0.29) is 5.69 Å². The van der Waals surface area contributed by atoms with Crippen LogP contribution in [0.2, 0.25) is 0 Å². The van der Waals surface area contributed by atoms with Crippen molar-refractivity contribution in [1.29, 1.82) is 0 Å². The summed E-state index contributed by atoms with van der Waals surface area (Å²) in [7, 11) is 0. The third kappa shape index (κ3) is 5.13. The fraction of sp³-hybridized carbons (Fsp3) is 0.417. The van der Waals surface area contributed by atoms with Crippen LogP contribution in [0.5, 0.6) is 0 Å². The van der Waals surface area contributed by atoms with E-state index in [2.05, 4.69) is 5.32 Å². The van der Waals surface area contributed by atoms with Gasteiger partial charge in [-0.05, 0) is 32.0 Å². The molecule has 1 N–H and O–H groups in total. The molecule has 1 aromatic rings. The van der Waals surface area contributed by atoms with E-state index in [1.54, 1.807) is 0 Å². The van der Waals surface area contributed by atoms with Gasteiger partial charge in [-0.15, -0.1) is 0 Å². The number of alkyl halides is 6. The van der Waals surface area contributed by atoms with E-state index in [0.29, 0.717) is 0 Å². The van der Waals surface area contributed by atoms with Crippen LogP contribution in [0, 0.1) is 0 Å². The molecule has 1 rings (SSSR count). The molecule has 3 nitrogen and oxygen atoms in total. The number of hydrogen-bond donors (Lipinski definition) is 1. The van der Waals surface area contributed by atoms with Crippen LogP contribution in [0.3, 0.4) is 0 Å². The number of halogens is 6. The Morgan fingerprint density at radius 1 is 1.19 bits per heavy atom. The minimum absolute atomic E-state index is 0.0880. The van der Waals surface area contributed by atoms with Gasteiger partial charge in [0.1, 0.15) is 0 Å². The van der Waals surface area contributed by atoms with Crippen LogP contribution < -0.4 is 5.32 Å². The molecule has 0 heterocycles. The van der Waals surface area contributed by atoms with E-state index >= 15 is 0 Å².